The third-order valence-corrected chi connectivity index (χ3v) is 4.79. The molecule has 0 aliphatic heterocycles. The van der Waals surface area contributed by atoms with E-state index >= 15 is 0 Å². The van der Waals surface area contributed by atoms with E-state index in [4.69, 9.17) is 28.9 Å². The molecule has 0 saturated heterocycles. The van der Waals surface area contributed by atoms with Crippen molar-refractivity contribution in [3.63, 3.8) is 0 Å². The lowest BCUT2D eigenvalue weighted by molar-refractivity contribution is 0.522. The first kappa shape index (κ1) is 16.6. The average Bonchev–Trinajstić information content (AvgIpc) is 2.91. The molecule has 2 rings (SSSR count). The van der Waals surface area contributed by atoms with Gasteiger partial charge in [0.1, 0.15) is 4.34 Å². The second kappa shape index (κ2) is 7.01. The lowest BCUT2D eigenvalue weighted by Gasteiger charge is -2.18. The van der Waals surface area contributed by atoms with Crippen LogP contribution in [0.2, 0.25) is 9.36 Å². The van der Waals surface area contributed by atoms with Crippen LogP contribution in [-0.4, -0.2) is 22.4 Å². The van der Waals surface area contributed by atoms with E-state index in [0.29, 0.717) is 21.8 Å². The number of halogens is 2. The lowest BCUT2D eigenvalue weighted by atomic mass is 10.0. The predicted molar refractivity (Wildman–Crippen MR) is 92.5 cm³/mol. The normalized spacial score (nSPS) is 12.9. The summed E-state index contributed by atoms with van der Waals surface area (Å²) >= 11 is 14.0. The van der Waals surface area contributed by atoms with Crippen LogP contribution >= 0.6 is 34.5 Å². The molecule has 0 unspecified atom stereocenters. The zero-order valence-corrected chi connectivity index (χ0v) is 14.7. The first-order chi connectivity index (χ1) is 9.92. The monoisotopic (exact) mass is 346 g/mol. The van der Waals surface area contributed by atoms with Crippen molar-refractivity contribution in [2.75, 3.05) is 11.9 Å². The Balaban J connectivity index is 2.23. The van der Waals surface area contributed by atoms with Gasteiger partial charge in [-0.25, -0.2) is 0 Å². The molecule has 7 heteroatoms. The van der Waals surface area contributed by atoms with Crippen molar-refractivity contribution in [2.24, 2.45) is 18.7 Å². The SMILES string of the molecule is CC(C)C[C@@H](CN)Nc1cc(-c2c(Cl)cnn2C)c(Cl)s1. The van der Waals surface area contributed by atoms with Crippen molar-refractivity contribution < 1.29 is 0 Å². The summed E-state index contributed by atoms with van der Waals surface area (Å²) in [4.78, 5) is 0. The summed E-state index contributed by atoms with van der Waals surface area (Å²) in [7, 11) is 1.85. The van der Waals surface area contributed by atoms with E-state index in [1.165, 1.54) is 11.3 Å². The Hall–Kier alpha value is -0.750. The van der Waals surface area contributed by atoms with Crippen LogP contribution in [0.4, 0.5) is 5.00 Å². The molecule has 21 heavy (non-hydrogen) atoms. The molecule has 0 saturated carbocycles. The van der Waals surface area contributed by atoms with Crippen LogP contribution in [0.25, 0.3) is 11.3 Å². The third-order valence-electron chi connectivity index (χ3n) is 3.22. The highest BCUT2D eigenvalue weighted by atomic mass is 35.5. The van der Waals surface area contributed by atoms with Crippen molar-refractivity contribution in [1.29, 1.82) is 0 Å². The summed E-state index contributed by atoms with van der Waals surface area (Å²) in [5.41, 5.74) is 7.56. The fraction of sp³-hybridized carbons (Fsp3) is 0.500. The predicted octanol–water partition coefficient (Wildman–Crippen LogP) is 4.24. The van der Waals surface area contributed by atoms with Gasteiger partial charge < -0.3 is 11.1 Å². The van der Waals surface area contributed by atoms with E-state index in [1.54, 1.807) is 10.9 Å². The smallest absolute Gasteiger partial charge is 0.104 e. The highest BCUT2D eigenvalue weighted by Crippen LogP contribution is 2.41. The summed E-state index contributed by atoms with van der Waals surface area (Å²) in [5.74, 6) is 0.590. The van der Waals surface area contributed by atoms with Crippen molar-refractivity contribution in [1.82, 2.24) is 9.78 Å². The van der Waals surface area contributed by atoms with Gasteiger partial charge in [-0.3, -0.25) is 4.68 Å². The van der Waals surface area contributed by atoms with Gasteiger partial charge in [0, 0.05) is 25.2 Å². The molecule has 4 nitrogen and oxygen atoms in total. The van der Waals surface area contributed by atoms with Crippen molar-refractivity contribution in [3.05, 3.63) is 21.6 Å². The molecule has 0 aliphatic carbocycles. The van der Waals surface area contributed by atoms with Gasteiger partial charge in [0.2, 0.25) is 0 Å². The van der Waals surface area contributed by atoms with Gasteiger partial charge in [0.25, 0.3) is 0 Å². The third kappa shape index (κ3) is 3.92. The van der Waals surface area contributed by atoms with E-state index < -0.39 is 0 Å². The van der Waals surface area contributed by atoms with E-state index in [1.807, 2.05) is 13.1 Å². The van der Waals surface area contributed by atoms with Gasteiger partial charge >= 0.3 is 0 Å². The van der Waals surface area contributed by atoms with Gasteiger partial charge in [0.15, 0.2) is 0 Å². The Morgan fingerprint density at radius 3 is 2.67 bits per heavy atom. The minimum atomic E-state index is 0.245. The molecular weight excluding hydrogens is 327 g/mol. The van der Waals surface area contributed by atoms with E-state index in [2.05, 4.69) is 24.3 Å². The second-order valence-electron chi connectivity index (χ2n) is 5.47. The Bertz CT molecular complexity index is 587. The molecule has 3 N–H and O–H groups in total. The molecule has 2 heterocycles. The zero-order valence-electron chi connectivity index (χ0n) is 12.4. The van der Waals surface area contributed by atoms with E-state index in [9.17, 15) is 0 Å². The quantitative estimate of drug-likeness (QED) is 0.822. The molecule has 0 spiro atoms. The van der Waals surface area contributed by atoms with Crippen LogP contribution in [0.5, 0.6) is 0 Å². The Labute approximate surface area is 139 Å². The molecule has 0 radical (unpaired) electrons. The number of hydrogen-bond donors (Lipinski definition) is 2. The van der Waals surface area contributed by atoms with Crippen LogP contribution in [0, 0.1) is 5.92 Å². The number of anilines is 1. The fourth-order valence-corrected chi connectivity index (χ4v) is 3.82. The maximum absolute atomic E-state index is 6.36. The highest BCUT2D eigenvalue weighted by Gasteiger charge is 2.18. The number of rotatable bonds is 6. The maximum Gasteiger partial charge on any atom is 0.104 e. The van der Waals surface area contributed by atoms with Gasteiger partial charge in [-0.2, -0.15) is 5.10 Å². The second-order valence-corrected chi connectivity index (χ2v) is 7.53. The van der Waals surface area contributed by atoms with Gasteiger partial charge in [0.05, 0.1) is 21.9 Å². The Morgan fingerprint density at radius 2 is 2.14 bits per heavy atom. The van der Waals surface area contributed by atoms with Crippen LogP contribution in [0.1, 0.15) is 20.3 Å². The molecule has 1 atom stereocenters. The average molecular weight is 347 g/mol. The number of nitrogens with two attached hydrogens (primary N) is 1. The molecule has 0 bridgehead atoms. The maximum atomic E-state index is 6.36. The molecule has 116 valence electrons. The molecule has 0 aromatic carbocycles. The van der Waals surface area contributed by atoms with Crippen LogP contribution in [-0.2, 0) is 7.05 Å². The summed E-state index contributed by atoms with van der Waals surface area (Å²) in [6, 6.07) is 2.26. The van der Waals surface area contributed by atoms with Crippen molar-refractivity contribution in [2.45, 2.75) is 26.3 Å². The highest BCUT2D eigenvalue weighted by molar-refractivity contribution is 7.20. The fourth-order valence-electron chi connectivity index (χ4n) is 2.30. The molecular formula is C14H20Cl2N4S. The topological polar surface area (TPSA) is 55.9 Å². The van der Waals surface area contributed by atoms with Crippen LogP contribution in [0.3, 0.4) is 0 Å². The molecule has 0 aliphatic rings. The molecule has 0 fully saturated rings. The zero-order chi connectivity index (χ0) is 15.6. The molecule has 2 aromatic heterocycles. The minimum absolute atomic E-state index is 0.245. The number of aryl methyl sites for hydroxylation is 1. The number of nitrogens with zero attached hydrogens (tertiary/aromatic N) is 2. The van der Waals surface area contributed by atoms with Gasteiger partial charge in [-0.05, 0) is 18.4 Å². The number of hydrogen-bond acceptors (Lipinski definition) is 4. The summed E-state index contributed by atoms with van der Waals surface area (Å²) in [6.07, 6.45) is 2.65. The van der Waals surface area contributed by atoms with E-state index in [-0.39, 0.29) is 6.04 Å². The first-order valence-electron chi connectivity index (χ1n) is 6.86. The van der Waals surface area contributed by atoms with Gasteiger partial charge in [-0.1, -0.05) is 37.0 Å². The largest absolute Gasteiger partial charge is 0.373 e. The number of aromatic nitrogens is 2. The molecule has 2 aromatic rings. The van der Waals surface area contributed by atoms with Gasteiger partial charge in [-0.15, -0.1) is 11.3 Å². The van der Waals surface area contributed by atoms with Crippen molar-refractivity contribution in [3.8, 4) is 11.3 Å². The summed E-state index contributed by atoms with van der Waals surface area (Å²) in [5, 5.41) is 9.21. The number of nitrogens with one attached hydrogen (secondary N) is 1. The standard InChI is InChI=1S/C14H20Cl2N4S/c1-8(2)4-9(6-17)19-12-5-10(14(16)21-12)13-11(15)7-18-20(13)3/h5,7-9,19H,4,6,17H2,1-3H3/t9-/m0/s1. The Kier molecular flexibility index (Phi) is 5.54. The Morgan fingerprint density at radius 1 is 1.43 bits per heavy atom. The van der Waals surface area contributed by atoms with Crippen LogP contribution in [0.15, 0.2) is 12.3 Å². The van der Waals surface area contributed by atoms with E-state index in [0.717, 1.165) is 22.7 Å². The first-order valence-corrected chi connectivity index (χ1v) is 8.43. The lowest BCUT2D eigenvalue weighted by Crippen LogP contribution is -2.29. The minimum Gasteiger partial charge on any atom is -0.373 e. The molecule has 0 amide bonds. The summed E-state index contributed by atoms with van der Waals surface area (Å²) in [6.45, 7) is 4.97. The van der Waals surface area contributed by atoms with Crippen molar-refractivity contribution >= 4 is 39.5 Å². The van der Waals surface area contributed by atoms with Crippen LogP contribution < -0.4 is 11.1 Å². The summed E-state index contributed by atoms with van der Waals surface area (Å²) < 4.78 is 2.43. The number of thiophene rings is 1.